The Hall–Kier alpha value is -1.02. The van der Waals surface area contributed by atoms with Crippen LogP contribution in [-0.4, -0.2) is 17.8 Å². The molecule has 0 spiro atoms. The van der Waals surface area contributed by atoms with Gasteiger partial charge in [0.1, 0.15) is 5.75 Å². The first kappa shape index (κ1) is 14.0. The minimum Gasteiger partial charge on any atom is -0.496 e. The lowest BCUT2D eigenvalue weighted by Crippen LogP contribution is -2.19. The third-order valence-corrected chi connectivity index (χ3v) is 2.94. The summed E-state index contributed by atoms with van der Waals surface area (Å²) >= 11 is 0. The van der Waals surface area contributed by atoms with Gasteiger partial charge in [-0.05, 0) is 49.8 Å². The summed E-state index contributed by atoms with van der Waals surface area (Å²) < 4.78 is 5.36. The van der Waals surface area contributed by atoms with Gasteiger partial charge in [-0.25, -0.2) is 0 Å². The van der Waals surface area contributed by atoms with Crippen LogP contribution in [0.2, 0.25) is 0 Å². The summed E-state index contributed by atoms with van der Waals surface area (Å²) in [6, 6.07) is 6.29. The predicted octanol–water partition coefficient (Wildman–Crippen LogP) is 3.52. The van der Waals surface area contributed by atoms with Crippen LogP contribution in [0.15, 0.2) is 18.2 Å². The van der Waals surface area contributed by atoms with Crippen molar-refractivity contribution in [2.24, 2.45) is 0 Å². The zero-order chi connectivity index (χ0) is 13.1. The first-order chi connectivity index (χ1) is 7.83. The van der Waals surface area contributed by atoms with Crippen molar-refractivity contribution in [2.45, 2.75) is 52.1 Å². The van der Waals surface area contributed by atoms with Crippen molar-refractivity contribution < 1.29 is 9.84 Å². The van der Waals surface area contributed by atoms with E-state index in [0.29, 0.717) is 5.92 Å². The summed E-state index contributed by atoms with van der Waals surface area (Å²) in [6.45, 7) is 8.02. The van der Waals surface area contributed by atoms with Crippen LogP contribution in [0, 0.1) is 0 Å². The van der Waals surface area contributed by atoms with Crippen LogP contribution >= 0.6 is 0 Å². The average Bonchev–Trinajstić information content (AvgIpc) is 2.25. The smallest absolute Gasteiger partial charge is 0.122 e. The van der Waals surface area contributed by atoms with E-state index < -0.39 is 5.60 Å². The highest BCUT2D eigenvalue weighted by Gasteiger charge is 2.13. The SMILES string of the molecule is COc1ccc(CCC(C)(C)O)cc1C(C)C. The molecule has 1 aromatic carbocycles. The Balaban J connectivity index is 2.85. The molecular weight excluding hydrogens is 212 g/mol. The Morgan fingerprint density at radius 3 is 2.41 bits per heavy atom. The van der Waals surface area contributed by atoms with Gasteiger partial charge in [0, 0.05) is 0 Å². The van der Waals surface area contributed by atoms with E-state index in [4.69, 9.17) is 4.74 Å². The normalized spacial score (nSPS) is 11.9. The van der Waals surface area contributed by atoms with Crippen molar-refractivity contribution in [3.8, 4) is 5.75 Å². The first-order valence-electron chi connectivity index (χ1n) is 6.22. The zero-order valence-corrected chi connectivity index (χ0v) is 11.6. The summed E-state index contributed by atoms with van der Waals surface area (Å²) in [7, 11) is 1.71. The summed E-state index contributed by atoms with van der Waals surface area (Å²) in [5, 5.41) is 9.73. The monoisotopic (exact) mass is 236 g/mol. The minimum atomic E-state index is -0.599. The highest BCUT2D eigenvalue weighted by Crippen LogP contribution is 2.28. The fraction of sp³-hybridized carbons (Fsp3) is 0.600. The van der Waals surface area contributed by atoms with Crippen LogP contribution in [0.3, 0.4) is 0 Å². The highest BCUT2D eigenvalue weighted by molar-refractivity contribution is 5.39. The molecule has 1 rings (SSSR count). The number of ether oxygens (including phenoxy) is 1. The van der Waals surface area contributed by atoms with Crippen LogP contribution in [0.4, 0.5) is 0 Å². The summed E-state index contributed by atoms with van der Waals surface area (Å²) in [5.74, 6) is 1.40. The van der Waals surface area contributed by atoms with Crippen molar-refractivity contribution in [1.29, 1.82) is 0 Å². The van der Waals surface area contributed by atoms with Gasteiger partial charge in [0.2, 0.25) is 0 Å². The Kier molecular flexibility index (Phi) is 4.58. The topological polar surface area (TPSA) is 29.5 Å². The van der Waals surface area contributed by atoms with Gasteiger partial charge >= 0.3 is 0 Å². The minimum absolute atomic E-state index is 0.451. The predicted molar refractivity (Wildman–Crippen MR) is 71.7 cm³/mol. The van der Waals surface area contributed by atoms with Crippen LogP contribution in [-0.2, 0) is 6.42 Å². The lowest BCUT2D eigenvalue weighted by Gasteiger charge is -2.18. The van der Waals surface area contributed by atoms with Crippen molar-refractivity contribution in [1.82, 2.24) is 0 Å². The lowest BCUT2D eigenvalue weighted by molar-refractivity contribution is 0.0714. The van der Waals surface area contributed by atoms with Gasteiger partial charge in [-0.1, -0.05) is 26.0 Å². The second-order valence-electron chi connectivity index (χ2n) is 5.54. The summed E-state index contributed by atoms with van der Waals surface area (Å²) in [4.78, 5) is 0. The molecular formula is C15H24O2. The number of methoxy groups -OCH3 is 1. The van der Waals surface area contributed by atoms with Gasteiger partial charge in [0.25, 0.3) is 0 Å². The molecule has 17 heavy (non-hydrogen) atoms. The lowest BCUT2D eigenvalue weighted by atomic mass is 9.94. The van der Waals surface area contributed by atoms with E-state index in [1.807, 2.05) is 19.9 Å². The fourth-order valence-electron chi connectivity index (χ4n) is 1.84. The van der Waals surface area contributed by atoms with Crippen LogP contribution < -0.4 is 4.74 Å². The van der Waals surface area contributed by atoms with Crippen molar-refractivity contribution in [3.63, 3.8) is 0 Å². The number of aliphatic hydroxyl groups is 1. The van der Waals surface area contributed by atoms with Gasteiger partial charge in [-0.2, -0.15) is 0 Å². The van der Waals surface area contributed by atoms with Gasteiger partial charge in [-0.3, -0.25) is 0 Å². The third kappa shape index (κ3) is 4.39. The molecule has 0 heterocycles. The molecule has 0 bridgehead atoms. The van der Waals surface area contributed by atoms with Gasteiger partial charge in [0.15, 0.2) is 0 Å². The summed E-state index contributed by atoms with van der Waals surface area (Å²) in [5.41, 5.74) is 1.90. The maximum absolute atomic E-state index is 9.73. The molecule has 0 aliphatic rings. The second-order valence-corrected chi connectivity index (χ2v) is 5.54. The van der Waals surface area contributed by atoms with Crippen molar-refractivity contribution >= 4 is 0 Å². The molecule has 0 atom stereocenters. The molecule has 0 aliphatic heterocycles. The van der Waals surface area contributed by atoms with E-state index >= 15 is 0 Å². The van der Waals surface area contributed by atoms with Crippen LogP contribution in [0.1, 0.15) is 51.2 Å². The van der Waals surface area contributed by atoms with Crippen LogP contribution in [0.25, 0.3) is 0 Å². The molecule has 1 aromatic rings. The Morgan fingerprint density at radius 1 is 1.29 bits per heavy atom. The largest absolute Gasteiger partial charge is 0.496 e. The Bertz CT molecular complexity index is 362. The molecule has 0 unspecified atom stereocenters. The molecule has 0 saturated heterocycles. The molecule has 1 N–H and O–H groups in total. The van der Waals surface area contributed by atoms with Crippen molar-refractivity contribution in [3.05, 3.63) is 29.3 Å². The molecule has 0 fully saturated rings. The second kappa shape index (κ2) is 5.54. The Morgan fingerprint density at radius 2 is 1.94 bits per heavy atom. The van der Waals surface area contributed by atoms with E-state index in [-0.39, 0.29) is 0 Å². The standard InChI is InChI=1S/C15H24O2/c1-11(2)13-10-12(6-7-14(13)17-5)8-9-15(3,4)16/h6-7,10-11,16H,8-9H2,1-5H3. The van der Waals surface area contributed by atoms with Crippen molar-refractivity contribution in [2.75, 3.05) is 7.11 Å². The number of hydrogen-bond acceptors (Lipinski definition) is 2. The fourth-order valence-corrected chi connectivity index (χ4v) is 1.84. The number of benzene rings is 1. The van der Waals surface area contributed by atoms with Gasteiger partial charge in [-0.15, -0.1) is 0 Å². The first-order valence-corrected chi connectivity index (χ1v) is 6.22. The van der Waals surface area contributed by atoms with Gasteiger partial charge in [0.05, 0.1) is 12.7 Å². The molecule has 2 heteroatoms. The van der Waals surface area contributed by atoms with E-state index in [1.165, 1.54) is 11.1 Å². The average molecular weight is 236 g/mol. The van der Waals surface area contributed by atoms with E-state index in [1.54, 1.807) is 7.11 Å². The number of rotatable bonds is 5. The molecule has 0 radical (unpaired) electrons. The molecule has 0 aliphatic carbocycles. The zero-order valence-electron chi connectivity index (χ0n) is 11.6. The number of aryl methyl sites for hydroxylation is 1. The highest BCUT2D eigenvalue weighted by atomic mass is 16.5. The number of hydrogen-bond donors (Lipinski definition) is 1. The molecule has 96 valence electrons. The van der Waals surface area contributed by atoms with E-state index in [2.05, 4.69) is 26.0 Å². The maximum atomic E-state index is 9.73. The Labute approximate surface area is 105 Å². The van der Waals surface area contributed by atoms with E-state index in [9.17, 15) is 5.11 Å². The maximum Gasteiger partial charge on any atom is 0.122 e. The quantitative estimate of drug-likeness (QED) is 0.847. The third-order valence-electron chi connectivity index (χ3n) is 2.94. The van der Waals surface area contributed by atoms with Gasteiger partial charge < -0.3 is 9.84 Å². The summed E-state index contributed by atoms with van der Waals surface area (Å²) in [6.07, 6.45) is 1.67. The van der Waals surface area contributed by atoms with E-state index in [0.717, 1.165) is 18.6 Å². The van der Waals surface area contributed by atoms with Crippen LogP contribution in [0.5, 0.6) is 5.75 Å². The molecule has 0 aromatic heterocycles. The molecule has 0 saturated carbocycles. The molecule has 2 nitrogen and oxygen atoms in total. The molecule has 0 amide bonds.